The molecule has 27 heavy (non-hydrogen) atoms. The summed E-state index contributed by atoms with van der Waals surface area (Å²) in [5, 5.41) is 0. The van der Waals surface area contributed by atoms with Gasteiger partial charge in [-0.2, -0.15) is 0 Å². The van der Waals surface area contributed by atoms with Gasteiger partial charge in [0.15, 0.2) is 0 Å². The van der Waals surface area contributed by atoms with Crippen LogP contribution in [-0.4, -0.2) is 32.3 Å². The van der Waals surface area contributed by atoms with Gasteiger partial charge >= 0.3 is 0 Å². The maximum atomic E-state index is 12.8. The number of rotatable bonds is 5. The van der Waals surface area contributed by atoms with Gasteiger partial charge in [0.1, 0.15) is 0 Å². The fraction of sp³-hybridized carbons (Fsp3) is 0.381. The van der Waals surface area contributed by atoms with Gasteiger partial charge in [-0.1, -0.05) is 37.1 Å². The van der Waals surface area contributed by atoms with Gasteiger partial charge in [-0.15, -0.1) is 0 Å². The molecular weight excluding hydrogens is 360 g/mol. The zero-order valence-corrected chi connectivity index (χ0v) is 16.6. The van der Waals surface area contributed by atoms with E-state index in [1.54, 1.807) is 24.3 Å². The summed E-state index contributed by atoms with van der Waals surface area (Å²) in [6, 6.07) is 13.4. The number of nitrogens with zero attached hydrogens (tertiary/aromatic N) is 1. The molecule has 1 atom stereocenters. The molecule has 0 aliphatic carbocycles. The highest BCUT2D eigenvalue weighted by molar-refractivity contribution is 7.92. The molecule has 1 heterocycles. The van der Waals surface area contributed by atoms with Crippen LogP contribution in [0.3, 0.4) is 0 Å². The molecule has 2 aromatic rings. The van der Waals surface area contributed by atoms with E-state index in [-0.39, 0.29) is 10.8 Å². The summed E-state index contributed by atoms with van der Waals surface area (Å²) < 4.78 is 28.0. The molecule has 1 N–H and O–H groups in total. The van der Waals surface area contributed by atoms with Crippen LogP contribution in [-0.2, 0) is 10.0 Å². The molecule has 0 bridgehead atoms. The van der Waals surface area contributed by atoms with Crippen LogP contribution in [0, 0.1) is 12.8 Å². The number of hydrogen-bond donors (Lipinski definition) is 1. The average Bonchev–Trinajstić information content (AvgIpc) is 2.69. The van der Waals surface area contributed by atoms with E-state index in [1.807, 2.05) is 24.0 Å². The smallest absolute Gasteiger partial charge is 0.261 e. The Labute approximate surface area is 161 Å². The van der Waals surface area contributed by atoms with Crippen molar-refractivity contribution in [3.63, 3.8) is 0 Å². The van der Waals surface area contributed by atoms with Gasteiger partial charge in [0.05, 0.1) is 4.90 Å². The number of amides is 1. The fourth-order valence-electron chi connectivity index (χ4n) is 3.40. The van der Waals surface area contributed by atoms with Crippen LogP contribution in [0.2, 0.25) is 0 Å². The van der Waals surface area contributed by atoms with Crippen LogP contribution >= 0.6 is 0 Å². The van der Waals surface area contributed by atoms with E-state index in [4.69, 9.17) is 0 Å². The van der Waals surface area contributed by atoms with Crippen LogP contribution in [0.25, 0.3) is 0 Å². The quantitative estimate of drug-likeness (QED) is 0.843. The number of sulfonamides is 1. The third-order valence-electron chi connectivity index (χ3n) is 5.08. The molecule has 0 saturated carbocycles. The first-order valence-corrected chi connectivity index (χ1v) is 10.9. The SMILES string of the molecule is CCC1CCCN(C(=O)c2cccc(S(=O)(=O)Nc3ccc(C)cc3)c2)C1. The Hall–Kier alpha value is -2.34. The first kappa shape index (κ1) is 19.4. The number of hydrogen-bond acceptors (Lipinski definition) is 3. The summed E-state index contributed by atoms with van der Waals surface area (Å²) in [4.78, 5) is 14.8. The van der Waals surface area contributed by atoms with Gasteiger partial charge in [-0.05, 0) is 56.0 Å². The van der Waals surface area contributed by atoms with Crippen molar-refractivity contribution in [3.8, 4) is 0 Å². The molecule has 1 aliphatic rings. The number of benzene rings is 2. The van der Waals surface area contributed by atoms with Crippen molar-refractivity contribution < 1.29 is 13.2 Å². The van der Waals surface area contributed by atoms with Gasteiger partial charge in [0.2, 0.25) is 0 Å². The second kappa shape index (κ2) is 8.13. The minimum Gasteiger partial charge on any atom is -0.338 e. The van der Waals surface area contributed by atoms with E-state index >= 15 is 0 Å². The van der Waals surface area contributed by atoms with Crippen molar-refractivity contribution >= 4 is 21.6 Å². The first-order valence-electron chi connectivity index (χ1n) is 9.38. The second-order valence-electron chi connectivity index (χ2n) is 7.17. The molecule has 0 spiro atoms. The Bertz CT molecular complexity index is 907. The predicted molar refractivity (Wildman–Crippen MR) is 107 cm³/mol. The Morgan fingerprint density at radius 2 is 1.93 bits per heavy atom. The molecule has 1 unspecified atom stereocenters. The molecule has 1 fully saturated rings. The zero-order chi connectivity index (χ0) is 19.4. The topological polar surface area (TPSA) is 66.5 Å². The van der Waals surface area contributed by atoms with Crippen molar-refractivity contribution in [2.45, 2.75) is 38.0 Å². The van der Waals surface area contributed by atoms with Crippen molar-refractivity contribution in [2.24, 2.45) is 5.92 Å². The number of carbonyl (C=O) groups excluding carboxylic acids is 1. The van der Waals surface area contributed by atoms with Gasteiger partial charge < -0.3 is 4.90 Å². The molecule has 5 nitrogen and oxygen atoms in total. The minimum absolute atomic E-state index is 0.0953. The van der Waals surface area contributed by atoms with Crippen LogP contribution < -0.4 is 4.72 Å². The van der Waals surface area contributed by atoms with Crippen LogP contribution in [0.4, 0.5) is 5.69 Å². The van der Waals surface area contributed by atoms with Crippen LogP contribution in [0.5, 0.6) is 0 Å². The standard InChI is InChI=1S/C21H26N2O3S/c1-3-17-6-5-13-23(15-17)21(24)18-7-4-8-20(14-18)27(25,26)22-19-11-9-16(2)10-12-19/h4,7-12,14,17,22H,3,5-6,13,15H2,1-2H3. The summed E-state index contributed by atoms with van der Waals surface area (Å²) >= 11 is 0. The maximum absolute atomic E-state index is 12.8. The highest BCUT2D eigenvalue weighted by Gasteiger charge is 2.24. The maximum Gasteiger partial charge on any atom is 0.261 e. The molecule has 144 valence electrons. The normalized spacial score (nSPS) is 17.6. The highest BCUT2D eigenvalue weighted by atomic mass is 32.2. The lowest BCUT2D eigenvalue weighted by Gasteiger charge is -2.32. The Morgan fingerprint density at radius 3 is 2.63 bits per heavy atom. The molecule has 3 rings (SSSR count). The highest BCUT2D eigenvalue weighted by Crippen LogP contribution is 2.22. The summed E-state index contributed by atoms with van der Waals surface area (Å²) in [6.07, 6.45) is 3.20. The summed E-state index contributed by atoms with van der Waals surface area (Å²) in [7, 11) is -3.75. The second-order valence-corrected chi connectivity index (χ2v) is 8.85. The number of carbonyl (C=O) groups is 1. The van der Waals surface area contributed by atoms with E-state index in [0.29, 0.717) is 17.2 Å². The lowest BCUT2D eigenvalue weighted by Crippen LogP contribution is -2.39. The first-order chi connectivity index (χ1) is 12.9. The van der Waals surface area contributed by atoms with Gasteiger partial charge in [0.25, 0.3) is 15.9 Å². The van der Waals surface area contributed by atoms with Crippen molar-refractivity contribution in [2.75, 3.05) is 17.8 Å². The molecule has 1 saturated heterocycles. The molecule has 6 heteroatoms. The van der Waals surface area contributed by atoms with Crippen molar-refractivity contribution in [3.05, 3.63) is 59.7 Å². The van der Waals surface area contributed by atoms with E-state index in [2.05, 4.69) is 11.6 Å². The summed E-state index contributed by atoms with van der Waals surface area (Å²) in [5.74, 6) is 0.429. The van der Waals surface area contributed by atoms with Gasteiger partial charge in [-0.3, -0.25) is 9.52 Å². The van der Waals surface area contributed by atoms with E-state index in [9.17, 15) is 13.2 Å². The number of aryl methyl sites for hydroxylation is 1. The molecule has 0 aromatic heterocycles. The monoisotopic (exact) mass is 386 g/mol. The minimum atomic E-state index is -3.75. The Morgan fingerprint density at radius 1 is 1.19 bits per heavy atom. The average molecular weight is 387 g/mol. The Kier molecular flexibility index (Phi) is 5.85. The fourth-order valence-corrected chi connectivity index (χ4v) is 4.50. The molecule has 0 radical (unpaired) electrons. The van der Waals surface area contributed by atoms with Crippen LogP contribution in [0.1, 0.15) is 42.1 Å². The Balaban J connectivity index is 1.79. The summed E-state index contributed by atoms with van der Waals surface area (Å²) in [5.41, 5.74) is 1.97. The van der Waals surface area contributed by atoms with Gasteiger partial charge in [-0.25, -0.2) is 8.42 Å². The van der Waals surface area contributed by atoms with E-state index < -0.39 is 10.0 Å². The largest absolute Gasteiger partial charge is 0.338 e. The number of likely N-dealkylation sites (tertiary alicyclic amines) is 1. The van der Waals surface area contributed by atoms with Crippen LogP contribution in [0.15, 0.2) is 53.4 Å². The molecular formula is C21H26N2O3S. The van der Waals surface area contributed by atoms with Gasteiger partial charge in [0, 0.05) is 24.3 Å². The predicted octanol–water partition coefficient (Wildman–Crippen LogP) is 4.06. The van der Waals surface area contributed by atoms with Crippen molar-refractivity contribution in [1.82, 2.24) is 4.90 Å². The van der Waals surface area contributed by atoms with E-state index in [1.165, 1.54) is 12.1 Å². The van der Waals surface area contributed by atoms with E-state index in [0.717, 1.165) is 37.9 Å². The number of nitrogens with one attached hydrogen (secondary N) is 1. The third kappa shape index (κ3) is 4.69. The zero-order valence-electron chi connectivity index (χ0n) is 15.8. The number of anilines is 1. The number of piperidine rings is 1. The van der Waals surface area contributed by atoms with Crippen molar-refractivity contribution in [1.29, 1.82) is 0 Å². The molecule has 2 aromatic carbocycles. The lowest BCUT2D eigenvalue weighted by atomic mass is 9.95. The lowest BCUT2D eigenvalue weighted by molar-refractivity contribution is 0.0671. The molecule has 1 amide bonds. The summed E-state index contributed by atoms with van der Waals surface area (Å²) in [6.45, 7) is 5.56. The molecule has 1 aliphatic heterocycles. The third-order valence-corrected chi connectivity index (χ3v) is 6.46.